The molecule has 1 fully saturated rings. The number of hydrogen-bond donors (Lipinski definition) is 1. The van der Waals surface area contributed by atoms with Crippen molar-refractivity contribution in [3.05, 3.63) is 77.3 Å². The van der Waals surface area contributed by atoms with Crippen LogP contribution in [-0.2, 0) is 11.0 Å². The Labute approximate surface area is 206 Å². The van der Waals surface area contributed by atoms with Gasteiger partial charge in [0.1, 0.15) is 23.6 Å². The average molecular weight is 490 g/mol. The molecular weight excluding hydrogens is 464 g/mol. The van der Waals surface area contributed by atoms with E-state index in [4.69, 9.17) is 4.98 Å². The van der Waals surface area contributed by atoms with E-state index in [9.17, 15) is 13.9 Å². The quantitative estimate of drug-likeness (QED) is 0.458. The van der Waals surface area contributed by atoms with E-state index >= 15 is 0 Å². The van der Waals surface area contributed by atoms with Crippen LogP contribution in [-0.4, -0.2) is 40.0 Å². The molecule has 0 radical (unpaired) electrons. The summed E-state index contributed by atoms with van der Waals surface area (Å²) in [5.74, 6) is -0.611. The summed E-state index contributed by atoms with van der Waals surface area (Å²) in [5, 5.41) is 23.4. The molecule has 2 aliphatic carbocycles. The molecule has 1 N–H and O–H groups in total. The Hall–Kier alpha value is -3.66. The Bertz CT molecular complexity index is 1490. The van der Waals surface area contributed by atoms with Crippen molar-refractivity contribution in [2.24, 2.45) is 5.41 Å². The van der Waals surface area contributed by atoms with E-state index in [1.165, 1.54) is 29.2 Å². The van der Waals surface area contributed by atoms with Crippen molar-refractivity contribution >= 4 is 0 Å². The van der Waals surface area contributed by atoms with Gasteiger partial charge in [0.25, 0.3) is 5.95 Å². The van der Waals surface area contributed by atoms with Crippen molar-refractivity contribution in [1.82, 2.24) is 34.9 Å². The zero-order valence-corrected chi connectivity index (χ0v) is 20.4. The van der Waals surface area contributed by atoms with Gasteiger partial charge in [0, 0.05) is 6.20 Å². The first-order valence-corrected chi connectivity index (χ1v) is 11.8. The smallest absolute Gasteiger partial charge is 0.252 e. The Morgan fingerprint density at radius 3 is 2.53 bits per heavy atom. The van der Waals surface area contributed by atoms with Gasteiger partial charge in [0.15, 0.2) is 5.82 Å². The maximum atomic E-state index is 14.5. The van der Waals surface area contributed by atoms with Crippen LogP contribution in [0.1, 0.15) is 69.2 Å². The first kappa shape index (κ1) is 22.8. The van der Waals surface area contributed by atoms with Gasteiger partial charge in [-0.2, -0.15) is 9.78 Å². The molecule has 8 nitrogen and oxygen atoms in total. The molecule has 3 aromatic heterocycles. The van der Waals surface area contributed by atoms with Gasteiger partial charge < -0.3 is 5.11 Å². The summed E-state index contributed by atoms with van der Waals surface area (Å²) in [6.45, 7) is 7.58. The van der Waals surface area contributed by atoms with Crippen LogP contribution in [0.25, 0.3) is 17.2 Å². The average Bonchev–Trinajstić information content (AvgIpc) is 3.48. The van der Waals surface area contributed by atoms with Gasteiger partial charge in [-0.1, -0.05) is 19.9 Å². The van der Waals surface area contributed by atoms with Gasteiger partial charge in [-0.15, -0.1) is 10.2 Å². The lowest BCUT2D eigenvalue weighted by atomic mass is 9.66. The maximum absolute atomic E-state index is 14.5. The molecule has 0 unspecified atom stereocenters. The molecule has 10 heteroatoms. The van der Waals surface area contributed by atoms with Gasteiger partial charge in [0.2, 0.25) is 0 Å². The van der Waals surface area contributed by atoms with E-state index < -0.39 is 22.7 Å². The van der Waals surface area contributed by atoms with Crippen LogP contribution in [0.3, 0.4) is 0 Å². The largest absolute Gasteiger partial charge is 0.382 e. The second kappa shape index (κ2) is 7.42. The summed E-state index contributed by atoms with van der Waals surface area (Å²) in [7, 11) is 0. The standard InChI is InChI=1S/C26H25F2N7O/c1-24(2)15-8-10-26(24,19-9-11-29-23(31-19)35-13-30-22(34-35)25(3,4)36)21-14(15)12-18(32-33-21)20-16(27)6-5-7-17(20)28/h5-7,9,11-13,15,36H,8,10H2,1-4H3/t15-,26+/m0/s1. The first-order valence-electron chi connectivity index (χ1n) is 11.8. The minimum absolute atomic E-state index is 0.128. The van der Waals surface area contributed by atoms with E-state index in [1.807, 2.05) is 6.07 Å². The van der Waals surface area contributed by atoms with Gasteiger partial charge in [0.05, 0.1) is 28.1 Å². The summed E-state index contributed by atoms with van der Waals surface area (Å²) >= 11 is 0. The van der Waals surface area contributed by atoms with Crippen LogP contribution in [0.4, 0.5) is 8.78 Å². The van der Waals surface area contributed by atoms with E-state index in [1.54, 1.807) is 26.1 Å². The van der Waals surface area contributed by atoms with Crippen LogP contribution in [0.5, 0.6) is 0 Å². The highest BCUT2D eigenvalue weighted by molar-refractivity contribution is 5.64. The number of aromatic nitrogens is 7. The molecule has 2 bridgehead atoms. The third kappa shape index (κ3) is 3.00. The van der Waals surface area contributed by atoms with Gasteiger partial charge in [-0.05, 0) is 67.9 Å². The van der Waals surface area contributed by atoms with E-state index in [2.05, 4.69) is 39.1 Å². The molecule has 0 spiro atoms. The molecule has 0 aliphatic heterocycles. The van der Waals surface area contributed by atoms with Crippen molar-refractivity contribution in [2.45, 2.75) is 57.5 Å². The summed E-state index contributed by atoms with van der Waals surface area (Å²) in [6, 6.07) is 7.44. The number of nitrogens with zero attached hydrogens (tertiary/aromatic N) is 7. The molecule has 36 heavy (non-hydrogen) atoms. The fraction of sp³-hybridized carbons (Fsp3) is 0.385. The lowest BCUT2D eigenvalue weighted by Gasteiger charge is -2.37. The predicted octanol–water partition coefficient (Wildman–Crippen LogP) is 4.22. The Morgan fingerprint density at radius 1 is 1.08 bits per heavy atom. The molecule has 3 heterocycles. The number of fused-ring (bicyclic) bond motifs is 5. The number of benzene rings is 1. The minimum atomic E-state index is -1.20. The highest BCUT2D eigenvalue weighted by atomic mass is 19.1. The molecule has 0 saturated heterocycles. The Kier molecular flexibility index (Phi) is 4.70. The fourth-order valence-corrected chi connectivity index (χ4v) is 6.09. The Morgan fingerprint density at radius 2 is 1.83 bits per heavy atom. The SMILES string of the molecule is CC(C)(O)c1ncn(-c2nccc([C@]34CC[C@@H](c5cc(-c6c(F)cccc6F)nnc53)C4(C)C)n2)n1. The van der Waals surface area contributed by atoms with E-state index in [0.717, 1.165) is 29.8 Å². The lowest BCUT2D eigenvalue weighted by Crippen LogP contribution is -2.38. The van der Waals surface area contributed by atoms with Crippen molar-refractivity contribution in [3.8, 4) is 17.2 Å². The third-order valence-electron chi connectivity index (χ3n) is 7.93. The lowest BCUT2D eigenvalue weighted by molar-refractivity contribution is 0.0688. The van der Waals surface area contributed by atoms with Gasteiger partial charge >= 0.3 is 0 Å². The number of rotatable bonds is 4. The van der Waals surface area contributed by atoms with Crippen molar-refractivity contribution in [2.75, 3.05) is 0 Å². The molecule has 0 amide bonds. The Balaban J connectivity index is 1.48. The van der Waals surface area contributed by atoms with Gasteiger partial charge in [-0.3, -0.25) is 0 Å². The highest BCUT2D eigenvalue weighted by Gasteiger charge is 2.65. The molecule has 4 aromatic rings. The van der Waals surface area contributed by atoms with Crippen molar-refractivity contribution < 1.29 is 13.9 Å². The topological polar surface area (TPSA) is 102 Å². The zero-order valence-electron chi connectivity index (χ0n) is 20.4. The fourth-order valence-electron chi connectivity index (χ4n) is 6.09. The summed E-state index contributed by atoms with van der Waals surface area (Å²) in [6.07, 6.45) is 4.85. The van der Waals surface area contributed by atoms with Crippen molar-refractivity contribution in [3.63, 3.8) is 0 Å². The molecule has 184 valence electrons. The molecule has 2 atom stereocenters. The number of hydrogen-bond acceptors (Lipinski definition) is 7. The molecule has 1 aromatic carbocycles. The van der Waals surface area contributed by atoms with Crippen LogP contribution in [0.2, 0.25) is 0 Å². The molecule has 2 aliphatic rings. The van der Waals surface area contributed by atoms with Crippen LogP contribution < -0.4 is 0 Å². The van der Waals surface area contributed by atoms with Crippen LogP contribution in [0.15, 0.2) is 42.9 Å². The summed E-state index contributed by atoms with van der Waals surface area (Å²) < 4.78 is 30.4. The third-order valence-corrected chi connectivity index (χ3v) is 7.93. The van der Waals surface area contributed by atoms with E-state index in [-0.39, 0.29) is 28.4 Å². The molecular formula is C26H25F2N7O. The van der Waals surface area contributed by atoms with Crippen LogP contribution in [0, 0.1) is 17.0 Å². The molecule has 1 saturated carbocycles. The number of halogens is 2. The first-order chi connectivity index (χ1) is 17.0. The molecule has 6 rings (SSSR count). The van der Waals surface area contributed by atoms with Gasteiger partial charge in [-0.25, -0.2) is 23.7 Å². The summed E-state index contributed by atoms with van der Waals surface area (Å²) in [4.78, 5) is 13.4. The second-order valence-corrected chi connectivity index (χ2v) is 10.7. The second-order valence-electron chi connectivity index (χ2n) is 10.7. The zero-order chi connectivity index (χ0) is 25.5. The van der Waals surface area contributed by atoms with Crippen molar-refractivity contribution in [1.29, 1.82) is 0 Å². The maximum Gasteiger partial charge on any atom is 0.252 e. The minimum Gasteiger partial charge on any atom is -0.382 e. The highest BCUT2D eigenvalue weighted by Crippen LogP contribution is 2.69. The van der Waals surface area contributed by atoms with E-state index in [0.29, 0.717) is 5.95 Å². The predicted molar refractivity (Wildman–Crippen MR) is 126 cm³/mol. The number of aliphatic hydroxyl groups is 1. The van der Waals surface area contributed by atoms with Crippen LogP contribution >= 0.6 is 0 Å². The normalized spacial score (nSPS) is 22.1. The summed E-state index contributed by atoms with van der Waals surface area (Å²) in [5.41, 5.74) is 0.504. The monoisotopic (exact) mass is 489 g/mol.